The first kappa shape index (κ1) is 14.1. The molecule has 0 aliphatic rings. The van der Waals surface area contributed by atoms with Gasteiger partial charge in [-0.15, -0.1) is 0 Å². The second-order valence-corrected chi connectivity index (χ2v) is 3.72. The van der Waals surface area contributed by atoms with Crippen molar-refractivity contribution in [1.29, 1.82) is 0 Å². The largest absolute Gasteiger partial charge is 0.480 e. The number of halogens is 2. The molecule has 0 aliphatic carbocycles. The Morgan fingerprint density at radius 2 is 1.94 bits per heavy atom. The minimum atomic E-state index is -1.22. The van der Waals surface area contributed by atoms with Gasteiger partial charge < -0.3 is 10.0 Å². The first-order chi connectivity index (χ1) is 8.45. The number of hydrogen-bond donors (Lipinski definition) is 1. The van der Waals surface area contributed by atoms with E-state index in [9.17, 15) is 18.4 Å². The molecule has 1 rings (SSSR count). The Hall–Kier alpha value is -1.98. The van der Waals surface area contributed by atoms with Crippen LogP contribution >= 0.6 is 0 Å². The molecule has 0 atom stereocenters. The van der Waals surface area contributed by atoms with Crippen molar-refractivity contribution < 1.29 is 23.5 Å². The van der Waals surface area contributed by atoms with E-state index in [4.69, 9.17) is 5.11 Å². The Morgan fingerprint density at radius 3 is 2.44 bits per heavy atom. The highest BCUT2D eigenvalue weighted by molar-refractivity contribution is 5.97. The minimum absolute atomic E-state index is 0.0368. The van der Waals surface area contributed by atoms with Crippen LogP contribution in [0.5, 0.6) is 0 Å². The number of hydrogen-bond acceptors (Lipinski definition) is 2. The van der Waals surface area contributed by atoms with Gasteiger partial charge >= 0.3 is 5.97 Å². The molecule has 4 nitrogen and oxygen atoms in total. The Labute approximate surface area is 103 Å². The SMILES string of the molecule is CCCC(=O)N(CC(=O)O)c1ccc(F)c(F)c1. The fourth-order valence-electron chi connectivity index (χ4n) is 1.46. The molecular weight excluding hydrogens is 244 g/mol. The summed E-state index contributed by atoms with van der Waals surface area (Å²) in [6.45, 7) is 1.19. The summed E-state index contributed by atoms with van der Waals surface area (Å²) in [7, 11) is 0. The van der Waals surface area contributed by atoms with Gasteiger partial charge in [-0.25, -0.2) is 8.78 Å². The molecule has 1 aromatic carbocycles. The summed E-state index contributed by atoms with van der Waals surface area (Å²) in [4.78, 5) is 23.3. The van der Waals surface area contributed by atoms with Crippen LogP contribution in [0.15, 0.2) is 18.2 Å². The van der Waals surface area contributed by atoms with Crippen molar-refractivity contribution in [2.75, 3.05) is 11.4 Å². The predicted octanol–water partition coefficient (Wildman–Crippen LogP) is 2.18. The van der Waals surface area contributed by atoms with E-state index in [1.54, 1.807) is 6.92 Å². The summed E-state index contributed by atoms with van der Waals surface area (Å²) >= 11 is 0. The molecular formula is C12H13F2NO3. The van der Waals surface area contributed by atoms with Crippen LogP contribution in [-0.2, 0) is 9.59 Å². The van der Waals surface area contributed by atoms with E-state index in [1.807, 2.05) is 0 Å². The lowest BCUT2D eigenvalue weighted by atomic mass is 10.2. The first-order valence-corrected chi connectivity index (χ1v) is 5.43. The molecule has 0 heterocycles. The van der Waals surface area contributed by atoms with Crippen molar-refractivity contribution in [3.8, 4) is 0 Å². The van der Waals surface area contributed by atoms with E-state index in [-0.39, 0.29) is 12.1 Å². The molecule has 0 spiro atoms. The smallest absolute Gasteiger partial charge is 0.323 e. The Kier molecular flexibility index (Phi) is 4.76. The van der Waals surface area contributed by atoms with Gasteiger partial charge in [-0.1, -0.05) is 6.92 Å². The lowest BCUT2D eigenvalue weighted by molar-refractivity contribution is -0.136. The summed E-state index contributed by atoms with van der Waals surface area (Å²) in [6.07, 6.45) is 0.685. The molecule has 0 aromatic heterocycles. The number of aliphatic carboxylic acids is 1. The molecule has 0 saturated heterocycles. The number of carbonyl (C=O) groups excluding carboxylic acids is 1. The van der Waals surface area contributed by atoms with Crippen LogP contribution in [0.3, 0.4) is 0 Å². The van der Waals surface area contributed by atoms with Gasteiger partial charge in [0.25, 0.3) is 0 Å². The Morgan fingerprint density at radius 1 is 1.28 bits per heavy atom. The molecule has 1 amide bonds. The van der Waals surface area contributed by atoms with Crippen LogP contribution in [0.25, 0.3) is 0 Å². The third kappa shape index (κ3) is 3.51. The zero-order valence-electron chi connectivity index (χ0n) is 9.82. The fraction of sp³-hybridized carbons (Fsp3) is 0.333. The molecule has 1 aromatic rings. The minimum Gasteiger partial charge on any atom is -0.480 e. The number of carbonyl (C=O) groups is 2. The number of rotatable bonds is 5. The molecule has 0 fully saturated rings. The number of carboxylic acid groups (broad SMARTS) is 1. The van der Waals surface area contributed by atoms with Gasteiger partial charge in [0, 0.05) is 18.2 Å². The molecule has 0 saturated carbocycles. The summed E-state index contributed by atoms with van der Waals surface area (Å²) in [6, 6.07) is 2.85. The van der Waals surface area contributed by atoms with Crippen LogP contribution in [0.2, 0.25) is 0 Å². The highest BCUT2D eigenvalue weighted by atomic mass is 19.2. The number of carboxylic acids is 1. The van der Waals surface area contributed by atoms with E-state index in [1.165, 1.54) is 6.07 Å². The molecule has 6 heteroatoms. The maximum atomic E-state index is 13.1. The Balaban J connectivity index is 3.04. The van der Waals surface area contributed by atoms with E-state index >= 15 is 0 Å². The van der Waals surface area contributed by atoms with Gasteiger partial charge in [0.2, 0.25) is 5.91 Å². The highest BCUT2D eigenvalue weighted by Gasteiger charge is 2.19. The van der Waals surface area contributed by atoms with Gasteiger partial charge in [-0.05, 0) is 18.6 Å². The van der Waals surface area contributed by atoms with E-state index < -0.39 is 30.1 Å². The van der Waals surface area contributed by atoms with Crippen LogP contribution in [-0.4, -0.2) is 23.5 Å². The molecule has 0 unspecified atom stereocenters. The lowest BCUT2D eigenvalue weighted by Crippen LogP contribution is -2.35. The van der Waals surface area contributed by atoms with Gasteiger partial charge in [0.05, 0.1) is 0 Å². The summed E-state index contributed by atoms with van der Waals surface area (Å²) < 4.78 is 25.8. The maximum Gasteiger partial charge on any atom is 0.323 e. The van der Waals surface area contributed by atoms with Crippen LogP contribution in [0.1, 0.15) is 19.8 Å². The van der Waals surface area contributed by atoms with E-state index in [2.05, 4.69) is 0 Å². The average Bonchev–Trinajstić information content (AvgIpc) is 2.30. The second kappa shape index (κ2) is 6.09. The summed E-state index contributed by atoms with van der Waals surface area (Å²) in [5.74, 6) is -3.82. The zero-order chi connectivity index (χ0) is 13.7. The predicted molar refractivity (Wildman–Crippen MR) is 61.3 cm³/mol. The topological polar surface area (TPSA) is 57.6 Å². The van der Waals surface area contributed by atoms with Crippen molar-refractivity contribution >= 4 is 17.6 Å². The maximum absolute atomic E-state index is 13.1. The molecule has 0 bridgehead atoms. The van der Waals surface area contributed by atoms with Crippen LogP contribution < -0.4 is 4.90 Å². The molecule has 0 aliphatic heterocycles. The molecule has 1 N–H and O–H groups in total. The van der Waals surface area contributed by atoms with Crippen LogP contribution in [0, 0.1) is 11.6 Å². The molecule has 18 heavy (non-hydrogen) atoms. The monoisotopic (exact) mass is 257 g/mol. The molecule has 98 valence electrons. The van der Waals surface area contributed by atoms with Gasteiger partial charge in [0.1, 0.15) is 6.54 Å². The Bertz CT molecular complexity index is 463. The average molecular weight is 257 g/mol. The molecule has 0 radical (unpaired) electrons. The van der Waals surface area contributed by atoms with Gasteiger partial charge in [-0.2, -0.15) is 0 Å². The fourth-order valence-corrected chi connectivity index (χ4v) is 1.46. The van der Waals surface area contributed by atoms with E-state index in [0.717, 1.165) is 17.0 Å². The van der Waals surface area contributed by atoms with Crippen molar-refractivity contribution in [3.05, 3.63) is 29.8 Å². The number of amides is 1. The van der Waals surface area contributed by atoms with Gasteiger partial charge in [-0.3, -0.25) is 9.59 Å². The third-order valence-electron chi connectivity index (χ3n) is 2.27. The number of anilines is 1. The van der Waals surface area contributed by atoms with Gasteiger partial charge in [0.15, 0.2) is 11.6 Å². The van der Waals surface area contributed by atoms with Crippen LogP contribution in [0.4, 0.5) is 14.5 Å². The number of nitrogens with zero attached hydrogens (tertiary/aromatic N) is 1. The van der Waals surface area contributed by atoms with Crippen molar-refractivity contribution in [3.63, 3.8) is 0 Å². The standard InChI is InChI=1S/C12H13F2NO3/c1-2-3-11(16)15(7-12(17)18)8-4-5-9(13)10(14)6-8/h4-6H,2-3,7H2,1H3,(H,17,18). The quantitative estimate of drug-likeness (QED) is 0.879. The van der Waals surface area contributed by atoms with Crippen molar-refractivity contribution in [2.24, 2.45) is 0 Å². The lowest BCUT2D eigenvalue weighted by Gasteiger charge is -2.20. The number of benzene rings is 1. The zero-order valence-corrected chi connectivity index (χ0v) is 9.82. The van der Waals surface area contributed by atoms with Crippen molar-refractivity contribution in [2.45, 2.75) is 19.8 Å². The highest BCUT2D eigenvalue weighted by Crippen LogP contribution is 2.19. The second-order valence-electron chi connectivity index (χ2n) is 3.72. The first-order valence-electron chi connectivity index (χ1n) is 5.43. The summed E-state index contributed by atoms with van der Waals surface area (Å²) in [5, 5.41) is 8.72. The summed E-state index contributed by atoms with van der Waals surface area (Å²) in [5.41, 5.74) is 0.0368. The van der Waals surface area contributed by atoms with E-state index in [0.29, 0.717) is 6.42 Å². The van der Waals surface area contributed by atoms with Crippen molar-refractivity contribution in [1.82, 2.24) is 0 Å². The third-order valence-corrected chi connectivity index (χ3v) is 2.27. The normalized spacial score (nSPS) is 10.2.